The Labute approximate surface area is 157 Å². The van der Waals surface area contributed by atoms with Crippen LogP contribution >= 0.6 is 0 Å². The maximum Gasteiger partial charge on any atom is 0.227 e. The maximum atomic E-state index is 13.0. The number of hydrogen-bond donors (Lipinski definition) is 0. The minimum absolute atomic E-state index is 0.0904. The lowest BCUT2D eigenvalue weighted by molar-refractivity contribution is -0.136. The summed E-state index contributed by atoms with van der Waals surface area (Å²) in [6.45, 7) is 3.27. The van der Waals surface area contributed by atoms with Crippen LogP contribution in [0.5, 0.6) is 0 Å². The van der Waals surface area contributed by atoms with Gasteiger partial charge in [-0.2, -0.15) is 0 Å². The molecule has 4 heteroatoms. The molecule has 0 aromatic heterocycles. The van der Waals surface area contributed by atoms with Crippen LogP contribution in [-0.4, -0.2) is 60.1 Å². The number of likely N-dealkylation sites (N-methyl/N-ethyl adjacent to an activating group) is 1. The van der Waals surface area contributed by atoms with Crippen LogP contribution in [0.25, 0.3) is 0 Å². The quantitative estimate of drug-likeness (QED) is 0.830. The molecule has 0 unspecified atom stereocenters. The lowest BCUT2D eigenvalue weighted by Crippen LogP contribution is -2.58. The molecule has 1 saturated carbocycles. The highest BCUT2D eigenvalue weighted by molar-refractivity contribution is 5.79. The van der Waals surface area contributed by atoms with Gasteiger partial charge in [-0.25, -0.2) is 0 Å². The molecule has 0 radical (unpaired) electrons. The average Bonchev–Trinajstić information content (AvgIpc) is 3.34. The molecule has 0 N–H and O–H groups in total. The molecule has 3 aliphatic rings. The van der Waals surface area contributed by atoms with E-state index >= 15 is 0 Å². The van der Waals surface area contributed by atoms with Crippen LogP contribution < -0.4 is 0 Å². The third-order valence-electron chi connectivity index (χ3n) is 6.80. The first-order valence-corrected chi connectivity index (χ1v) is 10.3. The smallest absolute Gasteiger partial charge is 0.227 e. The Kier molecular flexibility index (Phi) is 5.32. The van der Waals surface area contributed by atoms with Crippen molar-refractivity contribution in [1.82, 2.24) is 9.80 Å². The molecule has 1 aliphatic carbocycles. The Hall–Kier alpha value is -1.39. The zero-order valence-electron chi connectivity index (χ0n) is 16.0. The first kappa shape index (κ1) is 18.0. The van der Waals surface area contributed by atoms with Crippen molar-refractivity contribution in [2.24, 2.45) is 0 Å². The average molecular weight is 357 g/mol. The van der Waals surface area contributed by atoms with E-state index in [0.717, 1.165) is 31.4 Å². The number of hydrogen-bond acceptors (Lipinski definition) is 3. The molecule has 2 saturated heterocycles. The molecular weight excluding hydrogens is 324 g/mol. The van der Waals surface area contributed by atoms with Gasteiger partial charge < -0.3 is 9.64 Å². The van der Waals surface area contributed by atoms with Gasteiger partial charge in [0.05, 0.1) is 12.0 Å². The first-order chi connectivity index (χ1) is 12.7. The van der Waals surface area contributed by atoms with Gasteiger partial charge in [-0.05, 0) is 63.6 Å². The molecule has 3 atom stereocenters. The summed E-state index contributed by atoms with van der Waals surface area (Å²) in [6.07, 6.45) is 8.75. The van der Waals surface area contributed by atoms with Crippen molar-refractivity contribution in [2.45, 2.75) is 69.1 Å². The van der Waals surface area contributed by atoms with E-state index in [9.17, 15) is 4.79 Å². The van der Waals surface area contributed by atoms with Crippen LogP contribution in [-0.2, 0) is 16.0 Å². The lowest BCUT2D eigenvalue weighted by Gasteiger charge is -2.48. The van der Waals surface area contributed by atoms with E-state index in [4.69, 9.17) is 4.74 Å². The number of amides is 1. The summed E-state index contributed by atoms with van der Waals surface area (Å²) < 4.78 is 6.23. The maximum absolute atomic E-state index is 13.0. The third kappa shape index (κ3) is 3.67. The number of carbonyl (C=O) groups is 1. The van der Waals surface area contributed by atoms with E-state index in [1.165, 1.54) is 38.8 Å². The minimum Gasteiger partial charge on any atom is -0.375 e. The Morgan fingerprint density at radius 3 is 2.65 bits per heavy atom. The number of ether oxygens (including phenoxy) is 1. The van der Waals surface area contributed by atoms with E-state index in [1.54, 1.807) is 0 Å². The van der Waals surface area contributed by atoms with Crippen LogP contribution in [0.2, 0.25) is 0 Å². The van der Waals surface area contributed by atoms with Gasteiger partial charge >= 0.3 is 0 Å². The highest BCUT2D eigenvalue weighted by atomic mass is 16.5. The second-order valence-electron chi connectivity index (χ2n) is 8.42. The van der Waals surface area contributed by atoms with Crippen LogP contribution in [0.15, 0.2) is 30.3 Å². The van der Waals surface area contributed by atoms with Gasteiger partial charge in [0.15, 0.2) is 0 Å². The first-order valence-electron chi connectivity index (χ1n) is 10.3. The van der Waals surface area contributed by atoms with Gasteiger partial charge in [-0.15, -0.1) is 0 Å². The molecule has 4 nitrogen and oxygen atoms in total. The van der Waals surface area contributed by atoms with Gasteiger partial charge in [0.2, 0.25) is 5.91 Å². The van der Waals surface area contributed by atoms with Gasteiger partial charge in [-0.1, -0.05) is 30.3 Å². The van der Waals surface area contributed by atoms with Crippen LogP contribution in [0.3, 0.4) is 0 Å². The highest BCUT2D eigenvalue weighted by Crippen LogP contribution is 2.42. The Morgan fingerprint density at radius 2 is 1.96 bits per heavy atom. The molecule has 2 aliphatic heterocycles. The predicted molar refractivity (Wildman–Crippen MR) is 103 cm³/mol. The van der Waals surface area contributed by atoms with Crippen LogP contribution in [0, 0.1) is 0 Å². The van der Waals surface area contributed by atoms with Gasteiger partial charge in [-0.3, -0.25) is 9.69 Å². The van der Waals surface area contributed by atoms with Crippen molar-refractivity contribution in [1.29, 1.82) is 0 Å². The second-order valence-corrected chi connectivity index (χ2v) is 8.42. The van der Waals surface area contributed by atoms with Gasteiger partial charge in [0.1, 0.15) is 0 Å². The van der Waals surface area contributed by atoms with Crippen LogP contribution in [0.4, 0.5) is 0 Å². The fourth-order valence-electron chi connectivity index (χ4n) is 5.31. The molecule has 1 aromatic carbocycles. The lowest BCUT2D eigenvalue weighted by atomic mass is 9.76. The summed E-state index contributed by atoms with van der Waals surface area (Å²) in [5, 5.41) is 0. The summed E-state index contributed by atoms with van der Waals surface area (Å²) in [7, 11) is 2.02. The van der Waals surface area contributed by atoms with Crippen molar-refractivity contribution in [3.05, 3.63) is 35.9 Å². The summed E-state index contributed by atoms with van der Waals surface area (Å²) in [4.78, 5) is 17.7. The number of rotatable bonds is 4. The Bertz CT molecular complexity index is 606. The molecule has 4 rings (SSSR count). The summed E-state index contributed by atoms with van der Waals surface area (Å²) in [5.41, 5.74) is 1.20. The summed E-state index contributed by atoms with van der Waals surface area (Å²) in [6, 6.07) is 10.9. The third-order valence-corrected chi connectivity index (χ3v) is 6.80. The molecule has 3 fully saturated rings. The van der Waals surface area contributed by atoms with Crippen molar-refractivity contribution >= 4 is 5.91 Å². The molecule has 1 spiro atoms. The molecular formula is C22H32N2O2. The highest BCUT2D eigenvalue weighted by Gasteiger charge is 2.47. The van der Waals surface area contributed by atoms with Gasteiger partial charge in [0.25, 0.3) is 0 Å². The van der Waals surface area contributed by atoms with Crippen molar-refractivity contribution in [3.8, 4) is 0 Å². The number of likely N-dealkylation sites (tertiary alicyclic amines) is 1. The standard InChI is InChI=1S/C22H32N2O2/c1-23(21(25)16-18-8-3-2-4-9-18)19-10-12-22(11-7-15-26-22)17-20(19)24-13-5-6-14-24/h2-4,8-9,19-20H,5-7,10-17H2,1H3/t19-,20+,22+/m0/s1. The van der Waals surface area contributed by atoms with E-state index in [-0.39, 0.29) is 11.5 Å². The van der Waals surface area contributed by atoms with E-state index in [1.807, 2.05) is 37.4 Å². The number of carbonyl (C=O) groups excluding carboxylic acids is 1. The fourth-order valence-corrected chi connectivity index (χ4v) is 5.31. The molecule has 142 valence electrons. The van der Waals surface area contributed by atoms with Crippen LogP contribution in [0.1, 0.15) is 50.5 Å². The number of nitrogens with zero attached hydrogens (tertiary/aromatic N) is 2. The second kappa shape index (κ2) is 7.69. The fraction of sp³-hybridized carbons (Fsp3) is 0.682. The largest absolute Gasteiger partial charge is 0.375 e. The zero-order valence-corrected chi connectivity index (χ0v) is 16.0. The van der Waals surface area contributed by atoms with E-state index < -0.39 is 0 Å². The van der Waals surface area contributed by atoms with Crippen molar-refractivity contribution in [2.75, 3.05) is 26.7 Å². The van der Waals surface area contributed by atoms with E-state index in [2.05, 4.69) is 9.80 Å². The zero-order chi connectivity index (χ0) is 18.0. The van der Waals surface area contributed by atoms with Crippen molar-refractivity contribution in [3.63, 3.8) is 0 Å². The number of benzene rings is 1. The van der Waals surface area contributed by atoms with E-state index in [0.29, 0.717) is 18.5 Å². The summed E-state index contributed by atoms with van der Waals surface area (Å²) >= 11 is 0. The molecule has 1 amide bonds. The minimum atomic E-state index is 0.0904. The molecule has 2 heterocycles. The molecule has 26 heavy (non-hydrogen) atoms. The van der Waals surface area contributed by atoms with Crippen molar-refractivity contribution < 1.29 is 9.53 Å². The molecule has 1 aromatic rings. The topological polar surface area (TPSA) is 32.8 Å². The SMILES string of the molecule is CN(C(=O)Cc1ccccc1)[C@H]1CC[C@]2(CCCO2)C[C@H]1N1CCCC1. The van der Waals surface area contributed by atoms with Gasteiger partial charge in [0, 0.05) is 25.7 Å². The Balaban J connectivity index is 1.48. The summed E-state index contributed by atoms with van der Waals surface area (Å²) in [5.74, 6) is 0.244. The molecule has 0 bridgehead atoms. The monoisotopic (exact) mass is 356 g/mol. The Morgan fingerprint density at radius 1 is 1.19 bits per heavy atom. The predicted octanol–water partition coefficient (Wildman–Crippen LogP) is 3.25. The normalized spacial score (nSPS) is 32.2.